The van der Waals surface area contributed by atoms with E-state index in [9.17, 15) is 8.78 Å². The van der Waals surface area contributed by atoms with Gasteiger partial charge in [0.15, 0.2) is 0 Å². The Hall–Kier alpha value is -1.70. The van der Waals surface area contributed by atoms with Crippen molar-refractivity contribution < 1.29 is 8.78 Å². The van der Waals surface area contributed by atoms with Crippen molar-refractivity contribution in [1.82, 2.24) is 4.98 Å². The third kappa shape index (κ3) is 2.27. The van der Waals surface area contributed by atoms with E-state index in [0.29, 0.717) is 18.7 Å². The number of halogens is 2. The van der Waals surface area contributed by atoms with Gasteiger partial charge in [0.1, 0.15) is 11.9 Å². The summed E-state index contributed by atoms with van der Waals surface area (Å²) in [7, 11) is 0. The molecule has 2 heterocycles. The molecule has 0 atom stereocenters. The minimum absolute atomic E-state index is 0.0349. The van der Waals surface area contributed by atoms with E-state index in [2.05, 4.69) is 4.98 Å². The lowest BCUT2D eigenvalue weighted by Gasteiger charge is -2.40. The lowest BCUT2D eigenvalue weighted by atomic mass is 9.96. The van der Waals surface area contributed by atoms with Crippen LogP contribution in [0.3, 0.4) is 0 Å². The number of aromatic nitrogens is 1. The SMILES string of the molecule is N#Cc1ccc(N2CC(CC(F)F)C2)nc1. The van der Waals surface area contributed by atoms with E-state index in [1.807, 2.05) is 11.0 Å². The summed E-state index contributed by atoms with van der Waals surface area (Å²) in [5.74, 6) is 0.821. The van der Waals surface area contributed by atoms with Crippen LogP contribution in [0.2, 0.25) is 0 Å². The fourth-order valence-electron chi connectivity index (χ4n) is 1.80. The molecule has 1 aliphatic heterocycles. The second-order valence-corrected chi connectivity index (χ2v) is 3.91. The zero-order valence-electron chi connectivity index (χ0n) is 8.61. The maximum absolute atomic E-state index is 12.1. The Kier molecular flexibility index (Phi) is 3.00. The fraction of sp³-hybridized carbons (Fsp3) is 0.455. The molecule has 0 aliphatic carbocycles. The average molecular weight is 223 g/mol. The Morgan fingerprint density at radius 1 is 1.50 bits per heavy atom. The Morgan fingerprint density at radius 3 is 2.75 bits per heavy atom. The van der Waals surface area contributed by atoms with Crippen LogP contribution in [0, 0.1) is 17.2 Å². The van der Waals surface area contributed by atoms with Gasteiger partial charge in [0, 0.05) is 25.7 Å². The maximum Gasteiger partial charge on any atom is 0.239 e. The van der Waals surface area contributed by atoms with Crippen LogP contribution in [-0.4, -0.2) is 24.5 Å². The predicted octanol–water partition coefficient (Wildman–Crippen LogP) is 2.04. The van der Waals surface area contributed by atoms with E-state index in [1.54, 1.807) is 12.1 Å². The van der Waals surface area contributed by atoms with Gasteiger partial charge < -0.3 is 4.90 Å². The van der Waals surface area contributed by atoms with Crippen LogP contribution in [0.5, 0.6) is 0 Å². The molecular formula is C11H11F2N3. The zero-order valence-corrected chi connectivity index (χ0v) is 8.61. The number of nitrogens with zero attached hydrogens (tertiary/aromatic N) is 3. The van der Waals surface area contributed by atoms with Gasteiger partial charge in [-0.3, -0.25) is 0 Å². The lowest BCUT2D eigenvalue weighted by molar-refractivity contribution is 0.107. The van der Waals surface area contributed by atoms with Crippen LogP contribution in [0.4, 0.5) is 14.6 Å². The summed E-state index contributed by atoms with van der Waals surface area (Å²) in [5, 5.41) is 8.59. The van der Waals surface area contributed by atoms with Crippen molar-refractivity contribution in [2.24, 2.45) is 5.92 Å². The van der Waals surface area contributed by atoms with E-state index >= 15 is 0 Å². The highest BCUT2D eigenvalue weighted by Gasteiger charge is 2.29. The number of hydrogen-bond acceptors (Lipinski definition) is 3. The second kappa shape index (κ2) is 4.44. The van der Waals surface area contributed by atoms with Gasteiger partial charge in [0.2, 0.25) is 6.43 Å². The largest absolute Gasteiger partial charge is 0.356 e. The molecular weight excluding hydrogens is 212 g/mol. The standard InChI is InChI=1S/C11H11F2N3/c12-10(13)3-9-6-16(7-9)11-2-1-8(4-14)5-15-11/h1-2,5,9-10H,3,6-7H2. The van der Waals surface area contributed by atoms with Gasteiger partial charge in [-0.2, -0.15) is 5.26 Å². The normalized spacial score (nSPS) is 16.0. The van der Waals surface area contributed by atoms with Crippen LogP contribution in [0.1, 0.15) is 12.0 Å². The average Bonchev–Trinajstić information content (AvgIpc) is 2.23. The molecule has 0 amide bonds. The molecule has 0 saturated carbocycles. The number of anilines is 1. The summed E-state index contributed by atoms with van der Waals surface area (Å²) in [6.45, 7) is 1.26. The first-order valence-electron chi connectivity index (χ1n) is 5.08. The fourth-order valence-corrected chi connectivity index (χ4v) is 1.80. The topological polar surface area (TPSA) is 39.9 Å². The van der Waals surface area contributed by atoms with E-state index in [-0.39, 0.29) is 12.3 Å². The van der Waals surface area contributed by atoms with Crippen molar-refractivity contribution in [3.63, 3.8) is 0 Å². The molecule has 0 unspecified atom stereocenters. The molecule has 84 valence electrons. The molecule has 1 aliphatic rings. The van der Waals surface area contributed by atoms with Crippen molar-refractivity contribution in [3.8, 4) is 6.07 Å². The first-order chi connectivity index (χ1) is 7.69. The summed E-state index contributed by atoms with van der Waals surface area (Å²) in [6, 6.07) is 5.41. The van der Waals surface area contributed by atoms with Gasteiger partial charge in [0.25, 0.3) is 0 Å². The third-order valence-corrected chi connectivity index (χ3v) is 2.67. The molecule has 0 N–H and O–H groups in total. The Morgan fingerprint density at radius 2 is 2.25 bits per heavy atom. The van der Waals surface area contributed by atoms with Gasteiger partial charge in [-0.15, -0.1) is 0 Å². The second-order valence-electron chi connectivity index (χ2n) is 3.91. The quantitative estimate of drug-likeness (QED) is 0.787. The highest BCUT2D eigenvalue weighted by atomic mass is 19.3. The van der Waals surface area contributed by atoms with Crippen molar-refractivity contribution in [3.05, 3.63) is 23.9 Å². The van der Waals surface area contributed by atoms with Gasteiger partial charge >= 0.3 is 0 Å². The Balaban J connectivity index is 1.89. The molecule has 0 aromatic carbocycles. The molecule has 0 radical (unpaired) electrons. The molecule has 1 aromatic heterocycles. The van der Waals surface area contributed by atoms with E-state index in [0.717, 1.165) is 5.82 Å². The molecule has 1 saturated heterocycles. The molecule has 1 fully saturated rings. The van der Waals surface area contributed by atoms with Crippen molar-refractivity contribution >= 4 is 5.82 Å². The van der Waals surface area contributed by atoms with E-state index < -0.39 is 6.43 Å². The molecule has 0 spiro atoms. The highest BCUT2D eigenvalue weighted by Crippen LogP contribution is 2.26. The molecule has 16 heavy (non-hydrogen) atoms. The summed E-state index contributed by atoms with van der Waals surface area (Å²) < 4.78 is 24.1. The van der Waals surface area contributed by atoms with Gasteiger partial charge in [-0.05, 0) is 18.1 Å². The number of rotatable bonds is 3. The number of pyridine rings is 1. The summed E-state index contributed by atoms with van der Waals surface area (Å²) in [5.41, 5.74) is 0.508. The van der Waals surface area contributed by atoms with E-state index in [1.165, 1.54) is 6.20 Å². The number of nitriles is 1. The first-order valence-corrected chi connectivity index (χ1v) is 5.08. The monoisotopic (exact) mass is 223 g/mol. The van der Waals surface area contributed by atoms with Crippen molar-refractivity contribution in [1.29, 1.82) is 5.26 Å². The summed E-state index contributed by atoms with van der Waals surface area (Å²) in [6.07, 6.45) is -0.760. The van der Waals surface area contributed by atoms with Crippen LogP contribution in [0.15, 0.2) is 18.3 Å². The molecule has 0 bridgehead atoms. The minimum Gasteiger partial charge on any atom is -0.356 e. The van der Waals surface area contributed by atoms with E-state index in [4.69, 9.17) is 5.26 Å². The highest BCUT2D eigenvalue weighted by molar-refractivity contribution is 5.44. The zero-order chi connectivity index (χ0) is 11.5. The maximum atomic E-state index is 12.1. The van der Waals surface area contributed by atoms with Crippen molar-refractivity contribution in [2.75, 3.05) is 18.0 Å². The van der Waals surface area contributed by atoms with Crippen LogP contribution in [0.25, 0.3) is 0 Å². The summed E-state index contributed by atoms with van der Waals surface area (Å²) in [4.78, 5) is 6.04. The minimum atomic E-state index is -2.22. The predicted molar refractivity (Wildman–Crippen MR) is 55.3 cm³/mol. The first kappa shape index (κ1) is 10.8. The van der Waals surface area contributed by atoms with Crippen LogP contribution < -0.4 is 4.90 Å². The molecule has 1 aromatic rings. The Bertz CT molecular complexity index is 391. The van der Waals surface area contributed by atoms with Crippen molar-refractivity contribution in [2.45, 2.75) is 12.8 Å². The Labute approximate surface area is 92.3 Å². The van der Waals surface area contributed by atoms with Crippen LogP contribution in [-0.2, 0) is 0 Å². The van der Waals surface area contributed by atoms with Gasteiger partial charge in [-0.1, -0.05) is 0 Å². The molecule has 3 nitrogen and oxygen atoms in total. The number of hydrogen-bond donors (Lipinski definition) is 0. The molecule has 5 heteroatoms. The van der Waals surface area contributed by atoms with Gasteiger partial charge in [0.05, 0.1) is 5.56 Å². The van der Waals surface area contributed by atoms with Crippen LogP contribution >= 0.6 is 0 Å². The number of alkyl halides is 2. The third-order valence-electron chi connectivity index (χ3n) is 2.67. The molecule has 2 rings (SSSR count). The lowest BCUT2D eigenvalue weighted by Crippen LogP contribution is -2.47. The smallest absolute Gasteiger partial charge is 0.239 e. The van der Waals surface area contributed by atoms with Gasteiger partial charge in [-0.25, -0.2) is 13.8 Å². The summed E-state index contributed by atoms with van der Waals surface area (Å²) >= 11 is 0.